The van der Waals surface area contributed by atoms with Crippen LogP contribution in [-0.4, -0.2) is 35.3 Å². The first-order valence-electron chi connectivity index (χ1n) is 9.27. The summed E-state index contributed by atoms with van der Waals surface area (Å²) in [5.41, 5.74) is 2.45. The van der Waals surface area contributed by atoms with Crippen LogP contribution in [0.25, 0.3) is 10.8 Å². The van der Waals surface area contributed by atoms with E-state index in [9.17, 15) is 9.59 Å². The number of rotatable bonds is 6. The van der Waals surface area contributed by atoms with Gasteiger partial charge in [0.25, 0.3) is 5.56 Å². The van der Waals surface area contributed by atoms with Crippen molar-refractivity contribution in [2.45, 2.75) is 19.4 Å². The van der Waals surface area contributed by atoms with E-state index in [-0.39, 0.29) is 18.0 Å². The van der Waals surface area contributed by atoms with Gasteiger partial charge in [-0.15, -0.1) is 0 Å². The van der Waals surface area contributed by atoms with Gasteiger partial charge in [0.2, 0.25) is 5.91 Å². The highest BCUT2D eigenvalue weighted by Crippen LogP contribution is 2.27. The Morgan fingerprint density at radius 3 is 2.85 bits per heavy atom. The Labute approximate surface area is 157 Å². The summed E-state index contributed by atoms with van der Waals surface area (Å²) < 4.78 is 1.22. The van der Waals surface area contributed by atoms with Crippen LogP contribution in [-0.2, 0) is 17.8 Å². The van der Waals surface area contributed by atoms with Gasteiger partial charge in [-0.1, -0.05) is 36.4 Å². The molecule has 1 aromatic heterocycles. The van der Waals surface area contributed by atoms with Crippen molar-refractivity contribution < 1.29 is 4.79 Å². The number of fused-ring (bicyclic) bond motifs is 2. The van der Waals surface area contributed by atoms with Gasteiger partial charge in [0.15, 0.2) is 0 Å². The molecule has 1 amide bonds. The van der Waals surface area contributed by atoms with Crippen LogP contribution in [0, 0.1) is 0 Å². The second-order valence-electron chi connectivity index (χ2n) is 6.76. The van der Waals surface area contributed by atoms with Crippen LogP contribution >= 0.6 is 0 Å². The molecule has 2 heterocycles. The number of aromatic nitrogens is 2. The largest absolute Gasteiger partial charge is 0.371 e. The highest BCUT2D eigenvalue weighted by atomic mass is 16.2. The van der Waals surface area contributed by atoms with E-state index in [4.69, 9.17) is 0 Å². The summed E-state index contributed by atoms with van der Waals surface area (Å²) in [6.45, 7) is 2.46. The average molecular weight is 362 g/mol. The summed E-state index contributed by atoms with van der Waals surface area (Å²) in [6.07, 6.45) is 3.56. The summed E-state index contributed by atoms with van der Waals surface area (Å²) >= 11 is 0. The minimum Gasteiger partial charge on any atom is -0.371 e. The topological polar surface area (TPSA) is 67.2 Å². The van der Waals surface area contributed by atoms with Gasteiger partial charge in [0, 0.05) is 30.7 Å². The Hall–Kier alpha value is -3.15. The van der Waals surface area contributed by atoms with Crippen LogP contribution in [0.15, 0.2) is 59.5 Å². The zero-order chi connectivity index (χ0) is 18.6. The number of benzene rings is 2. The monoisotopic (exact) mass is 362 g/mol. The van der Waals surface area contributed by atoms with Gasteiger partial charge in [-0.05, 0) is 30.5 Å². The summed E-state index contributed by atoms with van der Waals surface area (Å²) in [6, 6.07) is 15.7. The van der Waals surface area contributed by atoms with Crippen LogP contribution in [0.1, 0.15) is 12.0 Å². The van der Waals surface area contributed by atoms with Gasteiger partial charge in [-0.2, -0.15) is 5.10 Å². The molecule has 0 spiro atoms. The lowest BCUT2D eigenvalue weighted by molar-refractivity contribution is -0.121. The first kappa shape index (κ1) is 17.3. The Balaban J connectivity index is 1.28. The van der Waals surface area contributed by atoms with Gasteiger partial charge >= 0.3 is 0 Å². The molecular formula is C21H22N4O2. The Morgan fingerprint density at radius 1 is 1.11 bits per heavy atom. The van der Waals surface area contributed by atoms with Gasteiger partial charge in [0.05, 0.1) is 11.6 Å². The smallest absolute Gasteiger partial charge is 0.275 e. The Morgan fingerprint density at radius 2 is 1.93 bits per heavy atom. The Bertz CT molecular complexity index is 1030. The lowest BCUT2D eigenvalue weighted by Crippen LogP contribution is -2.35. The number of nitrogens with zero attached hydrogens (tertiary/aromatic N) is 3. The van der Waals surface area contributed by atoms with E-state index >= 15 is 0 Å². The number of anilines is 1. The highest BCUT2D eigenvalue weighted by Gasteiger charge is 2.17. The van der Waals surface area contributed by atoms with Crippen molar-refractivity contribution in [2.24, 2.45) is 0 Å². The van der Waals surface area contributed by atoms with Crippen molar-refractivity contribution in [1.29, 1.82) is 0 Å². The molecule has 0 saturated carbocycles. The molecule has 2 aromatic carbocycles. The maximum atomic E-state index is 12.4. The minimum absolute atomic E-state index is 0.0593. The molecule has 0 fully saturated rings. The van der Waals surface area contributed by atoms with E-state index in [1.165, 1.54) is 15.9 Å². The third-order valence-electron chi connectivity index (χ3n) is 4.97. The molecule has 0 saturated heterocycles. The van der Waals surface area contributed by atoms with E-state index < -0.39 is 0 Å². The number of hydrogen-bond donors (Lipinski definition) is 1. The zero-order valence-electron chi connectivity index (χ0n) is 15.1. The van der Waals surface area contributed by atoms with E-state index in [2.05, 4.69) is 39.6 Å². The number of amides is 1. The first-order chi connectivity index (χ1) is 13.2. The van der Waals surface area contributed by atoms with E-state index in [1.54, 1.807) is 12.3 Å². The number of carbonyl (C=O) groups is 1. The predicted octanol–water partition coefficient (Wildman–Crippen LogP) is 1.97. The summed E-state index contributed by atoms with van der Waals surface area (Å²) in [5.74, 6) is -0.193. The van der Waals surface area contributed by atoms with Crippen molar-refractivity contribution in [3.05, 3.63) is 70.6 Å². The lowest BCUT2D eigenvalue weighted by atomic mass is 10.2. The molecule has 6 nitrogen and oxygen atoms in total. The summed E-state index contributed by atoms with van der Waals surface area (Å²) in [4.78, 5) is 26.9. The molecule has 0 atom stereocenters. The fourth-order valence-electron chi connectivity index (χ4n) is 3.57. The van der Waals surface area contributed by atoms with Gasteiger partial charge in [-0.3, -0.25) is 9.59 Å². The maximum Gasteiger partial charge on any atom is 0.275 e. The fraction of sp³-hybridized carbons (Fsp3) is 0.286. The number of para-hydroxylation sites is 1. The molecule has 1 N–H and O–H groups in total. The quantitative estimate of drug-likeness (QED) is 0.681. The maximum absolute atomic E-state index is 12.4. The van der Waals surface area contributed by atoms with Crippen LogP contribution in [0.3, 0.4) is 0 Å². The second-order valence-corrected chi connectivity index (χ2v) is 6.76. The third-order valence-corrected chi connectivity index (χ3v) is 4.97. The molecule has 138 valence electrons. The average Bonchev–Trinajstić information content (AvgIpc) is 3.11. The molecular weight excluding hydrogens is 340 g/mol. The molecule has 6 heteroatoms. The molecule has 0 radical (unpaired) electrons. The van der Waals surface area contributed by atoms with E-state index in [1.807, 2.05) is 18.2 Å². The van der Waals surface area contributed by atoms with Crippen LogP contribution in [0.4, 0.5) is 5.69 Å². The van der Waals surface area contributed by atoms with Crippen molar-refractivity contribution in [1.82, 2.24) is 15.1 Å². The van der Waals surface area contributed by atoms with Crippen molar-refractivity contribution in [3.63, 3.8) is 0 Å². The normalized spacial score (nSPS) is 13.0. The van der Waals surface area contributed by atoms with Gasteiger partial charge in [0.1, 0.15) is 6.54 Å². The molecule has 0 aliphatic carbocycles. The van der Waals surface area contributed by atoms with E-state index in [0.717, 1.165) is 31.3 Å². The van der Waals surface area contributed by atoms with Crippen molar-refractivity contribution in [3.8, 4) is 0 Å². The van der Waals surface area contributed by atoms with Crippen molar-refractivity contribution in [2.75, 3.05) is 24.5 Å². The molecule has 1 aliphatic rings. The summed E-state index contributed by atoms with van der Waals surface area (Å²) in [5, 5.41) is 8.35. The minimum atomic E-state index is -0.239. The molecule has 4 rings (SSSR count). The van der Waals surface area contributed by atoms with Gasteiger partial charge < -0.3 is 10.2 Å². The zero-order valence-corrected chi connectivity index (χ0v) is 15.1. The first-order valence-corrected chi connectivity index (χ1v) is 9.27. The van der Waals surface area contributed by atoms with Gasteiger partial charge in [-0.25, -0.2) is 4.68 Å². The molecule has 0 unspecified atom stereocenters. The fourth-order valence-corrected chi connectivity index (χ4v) is 3.57. The third kappa shape index (κ3) is 3.69. The lowest BCUT2D eigenvalue weighted by Gasteiger charge is -2.19. The predicted molar refractivity (Wildman–Crippen MR) is 106 cm³/mol. The molecule has 0 bridgehead atoms. The number of hydrogen-bond acceptors (Lipinski definition) is 4. The SMILES string of the molecule is O=C(Cn1ncc2ccccc2c1=O)NCCCN1CCc2ccccc21. The van der Waals surface area contributed by atoms with E-state index in [0.29, 0.717) is 11.9 Å². The van der Waals surface area contributed by atoms with Crippen LogP contribution in [0.5, 0.6) is 0 Å². The summed E-state index contributed by atoms with van der Waals surface area (Å²) in [7, 11) is 0. The van der Waals surface area contributed by atoms with Crippen LogP contribution < -0.4 is 15.8 Å². The van der Waals surface area contributed by atoms with Crippen molar-refractivity contribution >= 4 is 22.4 Å². The standard InChI is InChI=1S/C21H22N4O2/c26-20(15-25-21(27)18-8-3-1-7-17(18)14-23-25)22-11-5-12-24-13-10-16-6-2-4-9-19(16)24/h1-4,6-9,14H,5,10-13,15H2,(H,22,26). The number of nitrogens with one attached hydrogen (secondary N) is 1. The van der Waals surface area contributed by atoms with Crippen LogP contribution in [0.2, 0.25) is 0 Å². The second kappa shape index (κ2) is 7.61. The Kier molecular flexibility index (Phi) is 4.87. The number of carbonyl (C=O) groups excluding carboxylic acids is 1. The molecule has 1 aliphatic heterocycles. The molecule has 3 aromatic rings. The molecule has 27 heavy (non-hydrogen) atoms. The highest BCUT2D eigenvalue weighted by molar-refractivity contribution is 5.81.